The molecule has 0 aliphatic carbocycles. The van der Waals surface area contributed by atoms with Crippen molar-refractivity contribution in [1.82, 2.24) is 4.90 Å². The molecule has 1 atom stereocenters. The summed E-state index contributed by atoms with van der Waals surface area (Å²) >= 11 is 0. The molecule has 4 rings (SSSR count). The van der Waals surface area contributed by atoms with Gasteiger partial charge in [-0.1, -0.05) is 26.0 Å². The second-order valence-electron chi connectivity index (χ2n) is 7.47. The van der Waals surface area contributed by atoms with Crippen molar-refractivity contribution in [3.05, 3.63) is 30.3 Å². The predicted octanol–water partition coefficient (Wildman–Crippen LogP) is 4.39. The van der Waals surface area contributed by atoms with Crippen LogP contribution in [0.3, 0.4) is 0 Å². The van der Waals surface area contributed by atoms with E-state index in [4.69, 9.17) is 14.5 Å². The van der Waals surface area contributed by atoms with Crippen LogP contribution in [0.15, 0.2) is 35.3 Å². The molecule has 1 spiro atoms. The van der Waals surface area contributed by atoms with Crippen LogP contribution in [0.5, 0.6) is 11.5 Å². The fourth-order valence-electron chi connectivity index (χ4n) is 4.06. The molecule has 2 aromatic rings. The van der Waals surface area contributed by atoms with Crippen molar-refractivity contribution in [2.75, 3.05) is 20.7 Å². The largest absolute Gasteiger partial charge is 0.497 e. The molecule has 2 heterocycles. The summed E-state index contributed by atoms with van der Waals surface area (Å²) in [6, 6.07) is 10.2. The van der Waals surface area contributed by atoms with Gasteiger partial charge in [0.15, 0.2) is 0 Å². The molecule has 1 fully saturated rings. The highest BCUT2D eigenvalue weighted by Gasteiger charge is 2.53. The number of hydrogen-bond acceptors (Lipinski definition) is 4. The van der Waals surface area contributed by atoms with Crippen molar-refractivity contribution < 1.29 is 9.47 Å². The number of methoxy groups -OCH3 is 1. The summed E-state index contributed by atoms with van der Waals surface area (Å²) in [6.45, 7) is 5.56. The maximum atomic E-state index is 6.61. The molecule has 2 aromatic carbocycles. The van der Waals surface area contributed by atoms with Crippen molar-refractivity contribution in [3.63, 3.8) is 0 Å². The van der Waals surface area contributed by atoms with Crippen LogP contribution >= 0.6 is 0 Å². The SMILES string of the molecule is COc1ccc2ccc3c(c2c1)N=CC1(O3)N(C)CCCC1(C)C. The second kappa shape index (κ2) is 5.21. The Bertz CT molecular complexity index is 828. The molecule has 1 saturated heterocycles. The molecule has 4 heteroatoms. The van der Waals surface area contributed by atoms with Gasteiger partial charge in [0.05, 0.1) is 13.3 Å². The van der Waals surface area contributed by atoms with Crippen LogP contribution in [0.4, 0.5) is 5.69 Å². The number of aliphatic imine (C=N–C) groups is 1. The third kappa shape index (κ3) is 2.06. The summed E-state index contributed by atoms with van der Waals surface area (Å²) in [5.74, 6) is 1.68. The van der Waals surface area contributed by atoms with Crippen LogP contribution in [-0.2, 0) is 0 Å². The number of hydrogen-bond donors (Lipinski definition) is 0. The van der Waals surface area contributed by atoms with Crippen LogP contribution in [0.1, 0.15) is 26.7 Å². The Morgan fingerprint density at radius 3 is 2.75 bits per heavy atom. The normalized spacial score (nSPS) is 25.5. The summed E-state index contributed by atoms with van der Waals surface area (Å²) < 4.78 is 12.0. The van der Waals surface area contributed by atoms with Crippen LogP contribution in [-0.4, -0.2) is 37.5 Å². The molecule has 0 aromatic heterocycles. The third-order valence-electron chi connectivity index (χ3n) is 5.63. The monoisotopic (exact) mass is 324 g/mol. The molecule has 126 valence electrons. The highest BCUT2D eigenvalue weighted by atomic mass is 16.5. The first-order valence-electron chi connectivity index (χ1n) is 8.53. The quantitative estimate of drug-likeness (QED) is 0.780. The van der Waals surface area contributed by atoms with E-state index in [1.165, 1.54) is 6.42 Å². The van der Waals surface area contributed by atoms with Gasteiger partial charge >= 0.3 is 0 Å². The van der Waals surface area contributed by atoms with Gasteiger partial charge in [-0.25, -0.2) is 0 Å². The molecule has 0 N–H and O–H groups in total. The lowest BCUT2D eigenvalue weighted by Gasteiger charge is -2.53. The smallest absolute Gasteiger partial charge is 0.204 e. The topological polar surface area (TPSA) is 34.1 Å². The van der Waals surface area contributed by atoms with Gasteiger partial charge in [0.25, 0.3) is 0 Å². The fraction of sp³-hybridized carbons (Fsp3) is 0.450. The van der Waals surface area contributed by atoms with E-state index in [0.29, 0.717) is 0 Å². The second-order valence-corrected chi connectivity index (χ2v) is 7.47. The predicted molar refractivity (Wildman–Crippen MR) is 97.7 cm³/mol. The Morgan fingerprint density at radius 1 is 1.21 bits per heavy atom. The minimum Gasteiger partial charge on any atom is -0.497 e. The molecule has 0 saturated carbocycles. The average Bonchev–Trinajstić information content (AvgIpc) is 2.59. The molecular weight excluding hydrogens is 300 g/mol. The minimum absolute atomic E-state index is 0.00449. The van der Waals surface area contributed by atoms with Crippen LogP contribution in [0.2, 0.25) is 0 Å². The first-order chi connectivity index (χ1) is 11.5. The molecule has 24 heavy (non-hydrogen) atoms. The number of nitrogens with zero attached hydrogens (tertiary/aromatic N) is 2. The molecule has 2 aliphatic heterocycles. The van der Waals surface area contributed by atoms with Gasteiger partial charge in [-0.05, 0) is 43.5 Å². The molecular formula is C20H24N2O2. The van der Waals surface area contributed by atoms with Gasteiger partial charge in [-0.2, -0.15) is 0 Å². The van der Waals surface area contributed by atoms with E-state index in [1.54, 1.807) is 7.11 Å². The number of benzene rings is 2. The Hall–Kier alpha value is -2.07. The number of likely N-dealkylation sites (tertiary alicyclic amines) is 1. The van der Waals surface area contributed by atoms with Crippen LogP contribution < -0.4 is 9.47 Å². The van der Waals surface area contributed by atoms with E-state index in [9.17, 15) is 0 Å². The first kappa shape index (κ1) is 15.5. The molecule has 0 amide bonds. The number of fused-ring (bicyclic) bond motifs is 3. The van der Waals surface area contributed by atoms with E-state index >= 15 is 0 Å². The van der Waals surface area contributed by atoms with Crippen molar-refractivity contribution in [1.29, 1.82) is 0 Å². The Morgan fingerprint density at radius 2 is 2.00 bits per heavy atom. The Labute approximate surface area is 143 Å². The zero-order chi connectivity index (χ0) is 16.9. The lowest BCUT2D eigenvalue weighted by molar-refractivity contribution is -0.122. The van der Waals surface area contributed by atoms with Gasteiger partial charge < -0.3 is 9.47 Å². The maximum Gasteiger partial charge on any atom is 0.204 e. The van der Waals surface area contributed by atoms with E-state index in [1.807, 2.05) is 24.4 Å². The molecule has 2 aliphatic rings. The molecule has 0 radical (unpaired) electrons. The van der Waals surface area contributed by atoms with Crippen molar-refractivity contribution in [2.45, 2.75) is 32.4 Å². The zero-order valence-electron chi connectivity index (χ0n) is 14.8. The third-order valence-corrected chi connectivity index (χ3v) is 5.63. The number of rotatable bonds is 1. The summed E-state index contributed by atoms with van der Waals surface area (Å²) in [7, 11) is 3.81. The summed E-state index contributed by atoms with van der Waals surface area (Å²) in [5, 5.41) is 2.21. The Kier molecular flexibility index (Phi) is 3.36. The maximum absolute atomic E-state index is 6.61. The van der Waals surface area contributed by atoms with E-state index < -0.39 is 5.72 Å². The van der Waals surface area contributed by atoms with Crippen molar-refractivity contribution >= 4 is 22.7 Å². The highest BCUT2D eigenvalue weighted by molar-refractivity contribution is 5.99. The van der Waals surface area contributed by atoms with E-state index in [-0.39, 0.29) is 5.41 Å². The highest BCUT2D eigenvalue weighted by Crippen LogP contribution is 2.49. The summed E-state index contributed by atoms with van der Waals surface area (Å²) in [4.78, 5) is 7.16. The molecule has 0 bridgehead atoms. The minimum atomic E-state index is -0.481. The Balaban J connectivity index is 1.87. The van der Waals surface area contributed by atoms with E-state index in [2.05, 4.69) is 37.9 Å². The van der Waals surface area contributed by atoms with Gasteiger partial charge in [-0.3, -0.25) is 9.89 Å². The zero-order valence-corrected chi connectivity index (χ0v) is 14.8. The van der Waals surface area contributed by atoms with Crippen LogP contribution in [0.25, 0.3) is 10.8 Å². The molecule has 1 unspecified atom stereocenters. The summed E-state index contributed by atoms with van der Waals surface area (Å²) in [5.41, 5.74) is 0.418. The van der Waals surface area contributed by atoms with E-state index in [0.717, 1.165) is 40.9 Å². The first-order valence-corrected chi connectivity index (χ1v) is 8.53. The van der Waals surface area contributed by atoms with Gasteiger partial charge in [0.2, 0.25) is 5.72 Å². The average molecular weight is 324 g/mol. The van der Waals surface area contributed by atoms with Gasteiger partial charge in [-0.15, -0.1) is 0 Å². The lowest BCUT2D eigenvalue weighted by Crippen LogP contribution is -2.65. The summed E-state index contributed by atoms with van der Waals surface area (Å²) in [6.07, 6.45) is 4.32. The number of piperidine rings is 1. The van der Waals surface area contributed by atoms with Crippen LogP contribution in [0, 0.1) is 5.41 Å². The van der Waals surface area contributed by atoms with Gasteiger partial charge in [0, 0.05) is 17.3 Å². The lowest BCUT2D eigenvalue weighted by atomic mass is 9.73. The van der Waals surface area contributed by atoms with Crippen molar-refractivity contribution in [3.8, 4) is 11.5 Å². The fourth-order valence-corrected chi connectivity index (χ4v) is 4.06. The number of ether oxygens (including phenoxy) is 2. The van der Waals surface area contributed by atoms with Gasteiger partial charge in [0.1, 0.15) is 17.2 Å². The standard InChI is InChI=1S/C20H24N2O2/c1-19(2)10-5-11-22(3)20(19)13-21-18-16-12-15(23-4)8-6-14(16)7-9-17(18)24-20/h6-9,12-13H,5,10-11H2,1-4H3. The molecule has 4 nitrogen and oxygen atoms in total. The van der Waals surface area contributed by atoms with Crippen molar-refractivity contribution in [2.24, 2.45) is 10.4 Å².